The van der Waals surface area contributed by atoms with E-state index >= 15 is 0 Å². The molecule has 0 saturated heterocycles. The molecule has 0 fully saturated rings. The van der Waals surface area contributed by atoms with E-state index in [1.165, 1.54) is 18.4 Å². The van der Waals surface area contributed by atoms with E-state index in [1.54, 1.807) is 19.1 Å². The molecule has 17 heavy (non-hydrogen) atoms. The van der Waals surface area contributed by atoms with Crippen LogP contribution in [-0.4, -0.2) is 31.4 Å². The Kier molecular flexibility index (Phi) is 4.06. The molecule has 0 amide bonds. The number of nitrogens with one attached hydrogen (secondary N) is 1. The summed E-state index contributed by atoms with van der Waals surface area (Å²) in [5.41, 5.74) is 0.665. The molecule has 1 aromatic carbocycles. The summed E-state index contributed by atoms with van der Waals surface area (Å²) in [4.78, 5) is 9.95. The van der Waals surface area contributed by atoms with E-state index in [1.807, 2.05) is 0 Å². The van der Waals surface area contributed by atoms with Gasteiger partial charge in [-0.15, -0.1) is 0 Å². The summed E-state index contributed by atoms with van der Waals surface area (Å²) in [6, 6.07) is 5.60. The molecule has 1 N–H and O–H groups in total. The Hall–Kier alpha value is -1.63. The van der Waals surface area contributed by atoms with Crippen LogP contribution < -0.4 is 5.32 Å². The van der Waals surface area contributed by atoms with Gasteiger partial charge in [-0.1, -0.05) is 0 Å². The van der Waals surface area contributed by atoms with Crippen molar-refractivity contribution in [1.29, 1.82) is 0 Å². The van der Waals surface area contributed by atoms with Gasteiger partial charge in [-0.05, 0) is 19.1 Å². The van der Waals surface area contributed by atoms with Crippen LogP contribution in [0.15, 0.2) is 24.3 Å². The maximum Gasteiger partial charge on any atom is 0.269 e. The van der Waals surface area contributed by atoms with Gasteiger partial charge in [-0.25, -0.2) is 8.42 Å². The normalized spacial score (nSPS) is 13.1. The average Bonchev–Trinajstić information content (AvgIpc) is 2.15. The number of anilines is 1. The van der Waals surface area contributed by atoms with E-state index in [4.69, 9.17) is 0 Å². The van der Waals surface area contributed by atoms with Crippen LogP contribution in [0.2, 0.25) is 0 Å². The third kappa shape index (κ3) is 4.81. The van der Waals surface area contributed by atoms with Crippen molar-refractivity contribution >= 4 is 21.2 Å². The number of rotatable bonds is 5. The summed E-state index contributed by atoms with van der Waals surface area (Å²) < 4.78 is 22.1. The van der Waals surface area contributed by atoms with Gasteiger partial charge in [-0.3, -0.25) is 10.1 Å². The first-order valence-corrected chi connectivity index (χ1v) is 7.03. The van der Waals surface area contributed by atoms with Crippen LogP contribution >= 0.6 is 0 Å². The first-order chi connectivity index (χ1) is 7.78. The number of nitro benzene ring substituents is 1. The van der Waals surface area contributed by atoms with Crippen molar-refractivity contribution < 1.29 is 13.3 Å². The maximum absolute atomic E-state index is 11.0. The van der Waals surface area contributed by atoms with Crippen molar-refractivity contribution in [2.75, 3.05) is 17.3 Å². The van der Waals surface area contributed by atoms with Gasteiger partial charge in [0.15, 0.2) is 0 Å². The second kappa shape index (κ2) is 5.13. The van der Waals surface area contributed by atoms with Crippen molar-refractivity contribution in [2.45, 2.75) is 13.0 Å². The molecule has 6 nitrogen and oxygen atoms in total. The van der Waals surface area contributed by atoms with Crippen LogP contribution in [0.25, 0.3) is 0 Å². The molecule has 0 spiro atoms. The molecule has 1 aromatic rings. The molecule has 0 aliphatic rings. The van der Waals surface area contributed by atoms with Crippen LogP contribution in [-0.2, 0) is 9.84 Å². The molecule has 7 heteroatoms. The van der Waals surface area contributed by atoms with Gasteiger partial charge in [0.2, 0.25) is 0 Å². The highest BCUT2D eigenvalue weighted by Crippen LogP contribution is 2.16. The number of non-ortho nitro benzene ring substituents is 1. The van der Waals surface area contributed by atoms with Gasteiger partial charge in [0, 0.05) is 30.1 Å². The number of sulfone groups is 1. The molecule has 0 bridgehead atoms. The van der Waals surface area contributed by atoms with E-state index < -0.39 is 14.8 Å². The quantitative estimate of drug-likeness (QED) is 0.637. The summed E-state index contributed by atoms with van der Waals surface area (Å²) in [5, 5.41) is 13.4. The second-order valence-corrected chi connectivity index (χ2v) is 6.13. The zero-order chi connectivity index (χ0) is 13.1. The van der Waals surface area contributed by atoms with Crippen molar-refractivity contribution in [2.24, 2.45) is 0 Å². The molecule has 0 heterocycles. The monoisotopic (exact) mass is 258 g/mol. The Morgan fingerprint density at radius 2 is 1.88 bits per heavy atom. The van der Waals surface area contributed by atoms with Crippen LogP contribution in [0, 0.1) is 10.1 Å². The fraction of sp³-hybridized carbons (Fsp3) is 0.400. The van der Waals surface area contributed by atoms with Crippen molar-refractivity contribution in [1.82, 2.24) is 0 Å². The Balaban J connectivity index is 2.66. The van der Waals surface area contributed by atoms with E-state index in [0.29, 0.717) is 5.69 Å². The highest BCUT2D eigenvalue weighted by molar-refractivity contribution is 7.90. The Morgan fingerprint density at radius 1 is 1.35 bits per heavy atom. The van der Waals surface area contributed by atoms with Crippen LogP contribution in [0.3, 0.4) is 0 Å². The summed E-state index contributed by atoms with van der Waals surface area (Å²) in [7, 11) is -3.04. The average molecular weight is 258 g/mol. The number of nitrogens with zero attached hydrogens (tertiary/aromatic N) is 1. The minimum Gasteiger partial charge on any atom is -0.382 e. The second-order valence-electron chi connectivity index (χ2n) is 3.94. The number of benzene rings is 1. The first-order valence-electron chi connectivity index (χ1n) is 4.96. The highest BCUT2D eigenvalue weighted by Gasteiger charge is 2.11. The third-order valence-corrected chi connectivity index (χ3v) is 3.15. The molecule has 0 aliphatic carbocycles. The molecular formula is C10H14N2O4S. The van der Waals surface area contributed by atoms with E-state index in [0.717, 1.165) is 0 Å². The van der Waals surface area contributed by atoms with E-state index in [-0.39, 0.29) is 17.5 Å². The maximum atomic E-state index is 11.0. The molecule has 0 saturated carbocycles. The standard InChI is InChI=1S/C10H14N2O4S/c1-8(7-17(2,15)16)11-9-3-5-10(6-4-9)12(13)14/h3-6,8,11H,7H2,1-2H3. The Bertz CT molecular complexity index is 496. The van der Waals surface area contributed by atoms with Crippen LogP contribution in [0.4, 0.5) is 11.4 Å². The lowest BCUT2D eigenvalue weighted by Crippen LogP contribution is -2.24. The molecular weight excluding hydrogens is 244 g/mol. The minimum absolute atomic E-state index is 0.00585. The molecule has 1 rings (SSSR count). The first kappa shape index (κ1) is 13.4. The lowest BCUT2D eigenvalue weighted by molar-refractivity contribution is -0.384. The number of nitro groups is 1. The summed E-state index contributed by atoms with van der Waals surface area (Å²) >= 11 is 0. The van der Waals surface area contributed by atoms with E-state index in [2.05, 4.69) is 5.32 Å². The van der Waals surface area contributed by atoms with Crippen molar-refractivity contribution in [3.8, 4) is 0 Å². The SMILES string of the molecule is CC(CS(C)(=O)=O)Nc1ccc([N+](=O)[O-])cc1. The molecule has 1 atom stereocenters. The largest absolute Gasteiger partial charge is 0.382 e. The van der Waals surface area contributed by atoms with Gasteiger partial charge in [-0.2, -0.15) is 0 Å². The van der Waals surface area contributed by atoms with Gasteiger partial charge in [0.1, 0.15) is 9.84 Å². The van der Waals surface area contributed by atoms with Gasteiger partial charge < -0.3 is 5.32 Å². The minimum atomic E-state index is -3.04. The third-order valence-electron chi connectivity index (χ3n) is 2.04. The Morgan fingerprint density at radius 3 is 2.29 bits per heavy atom. The smallest absolute Gasteiger partial charge is 0.269 e. The number of hydrogen-bond donors (Lipinski definition) is 1. The zero-order valence-corrected chi connectivity index (χ0v) is 10.4. The highest BCUT2D eigenvalue weighted by atomic mass is 32.2. The molecule has 0 aliphatic heterocycles. The summed E-state index contributed by atoms with van der Waals surface area (Å²) in [5.74, 6) is 0.0178. The van der Waals surface area contributed by atoms with Crippen LogP contribution in [0.5, 0.6) is 0 Å². The lowest BCUT2D eigenvalue weighted by atomic mass is 10.2. The van der Waals surface area contributed by atoms with Crippen molar-refractivity contribution in [3.63, 3.8) is 0 Å². The van der Waals surface area contributed by atoms with Crippen molar-refractivity contribution in [3.05, 3.63) is 34.4 Å². The van der Waals surface area contributed by atoms with Gasteiger partial charge in [0.25, 0.3) is 5.69 Å². The zero-order valence-electron chi connectivity index (χ0n) is 9.58. The fourth-order valence-corrected chi connectivity index (χ4v) is 2.45. The fourth-order valence-electron chi connectivity index (χ4n) is 1.46. The predicted molar refractivity (Wildman–Crippen MR) is 65.9 cm³/mol. The topological polar surface area (TPSA) is 89.3 Å². The molecule has 1 unspecified atom stereocenters. The molecule has 94 valence electrons. The van der Waals surface area contributed by atoms with Gasteiger partial charge in [0.05, 0.1) is 10.7 Å². The summed E-state index contributed by atoms with van der Waals surface area (Å²) in [6.45, 7) is 1.74. The molecule has 0 radical (unpaired) electrons. The lowest BCUT2D eigenvalue weighted by Gasteiger charge is -2.13. The predicted octanol–water partition coefficient (Wildman–Crippen LogP) is 1.44. The van der Waals surface area contributed by atoms with E-state index in [9.17, 15) is 18.5 Å². The molecule has 0 aromatic heterocycles. The Labute approximate surface area is 99.7 Å². The number of hydrogen-bond acceptors (Lipinski definition) is 5. The van der Waals surface area contributed by atoms with Crippen LogP contribution in [0.1, 0.15) is 6.92 Å². The summed E-state index contributed by atoms with van der Waals surface area (Å²) in [6.07, 6.45) is 1.17. The van der Waals surface area contributed by atoms with Gasteiger partial charge >= 0.3 is 0 Å².